The third-order valence-electron chi connectivity index (χ3n) is 2.78. The van der Waals surface area contributed by atoms with Crippen LogP contribution in [0.4, 0.5) is 5.69 Å². The topological polar surface area (TPSA) is 42.8 Å². The third kappa shape index (κ3) is 4.44. The Labute approximate surface area is 103 Å². The Morgan fingerprint density at radius 2 is 1.82 bits per heavy atom. The number of hydrogen-bond donors (Lipinski definition) is 2. The molecule has 4 nitrogen and oxygen atoms in total. The van der Waals surface area contributed by atoms with E-state index in [0.29, 0.717) is 6.54 Å². The minimum atomic E-state index is 0.0499. The zero-order valence-corrected chi connectivity index (χ0v) is 10.7. The molecule has 0 bridgehead atoms. The van der Waals surface area contributed by atoms with E-state index >= 15 is 0 Å². The van der Waals surface area contributed by atoms with Crippen molar-refractivity contribution < 1.29 is 14.4 Å². The molecule has 0 aromatic heterocycles. The molecule has 0 aliphatic rings. The van der Waals surface area contributed by atoms with Gasteiger partial charge in [0.2, 0.25) is 0 Å². The van der Waals surface area contributed by atoms with Gasteiger partial charge in [-0.1, -0.05) is 0 Å². The average Bonchev–Trinajstić information content (AvgIpc) is 2.37. The van der Waals surface area contributed by atoms with E-state index in [1.165, 1.54) is 4.90 Å². The predicted octanol–water partition coefficient (Wildman–Crippen LogP) is 0.558. The molecule has 94 valence electrons. The highest BCUT2D eigenvalue weighted by atomic mass is 16.5. The number of rotatable bonds is 6. The van der Waals surface area contributed by atoms with Gasteiger partial charge >= 0.3 is 0 Å². The zero-order valence-electron chi connectivity index (χ0n) is 10.7. The Bertz CT molecular complexity index is 345. The molecule has 1 aromatic rings. The molecule has 4 heteroatoms. The third-order valence-corrected chi connectivity index (χ3v) is 2.78. The quantitative estimate of drug-likeness (QED) is 0.759. The van der Waals surface area contributed by atoms with Crippen LogP contribution in [-0.4, -0.2) is 32.7 Å². The van der Waals surface area contributed by atoms with Crippen LogP contribution in [0.3, 0.4) is 0 Å². The van der Waals surface area contributed by atoms with Crippen LogP contribution in [0.25, 0.3) is 0 Å². The van der Waals surface area contributed by atoms with Crippen molar-refractivity contribution in [2.24, 2.45) is 0 Å². The van der Waals surface area contributed by atoms with Crippen molar-refractivity contribution in [2.45, 2.75) is 13.8 Å². The SMILES string of the molecule is CC[NH+](CC)CC(=O)Nc1ccc(OC)cc1. The number of amides is 1. The second-order valence-corrected chi connectivity index (χ2v) is 3.91. The average molecular weight is 237 g/mol. The Kier molecular flexibility index (Phi) is 5.49. The minimum absolute atomic E-state index is 0.0499. The number of carbonyl (C=O) groups excluding carboxylic acids is 1. The zero-order chi connectivity index (χ0) is 12.7. The number of nitrogens with one attached hydrogen (secondary N) is 2. The normalized spacial score (nSPS) is 10.4. The smallest absolute Gasteiger partial charge is 0.279 e. The van der Waals surface area contributed by atoms with Crippen LogP contribution in [0.5, 0.6) is 5.75 Å². The fourth-order valence-electron chi connectivity index (χ4n) is 1.61. The summed E-state index contributed by atoms with van der Waals surface area (Å²) in [6, 6.07) is 7.35. The summed E-state index contributed by atoms with van der Waals surface area (Å²) in [7, 11) is 1.62. The number of methoxy groups -OCH3 is 1. The lowest BCUT2D eigenvalue weighted by Gasteiger charge is -2.14. The number of quaternary nitrogens is 1. The maximum absolute atomic E-state index is 11.7. The molecule has 0 fully saturated rings. The van der Waals surface area contributed by atoms with E-state index < -0.39 is 0 Å². The molecule has 1 amide bonds. The van der Waals surface area contributed by atoms with Crippen LogP contribution in [0.2, 0.25) is 0 Å². The molecule has 1 rings (SSSR count). The van der Waals surface area contributed by atoms with Gasteiger partial charge in [0.15, 0.2) is 6.54 Å². The molecule has 2 N–H and O–H groups in total. The number of benzene rings is 1. The van der Waals surface area contributed by atoms with Gasteiger partial charge in [-0.15, -0.1) is 0 Å². The predicted molar refractivity (Wildman–Crippen MR) is 68.5 cm³/mol. The van der Waals surface area contributed by atoms with Crippen LogP contribution in [0.15, 0.2) is 24.3 Å². The summed E-state index contributed by atoms with van der Waals surface area (Å²) in [5.74, 6) is 0.839. The van der Waals surface area contributed by atoms with E-state index in [9.17, 15) is 4.79 Å². The van der Waals surface area contributed by atoms with Crippen molar-refractivity contribution in [1.29, 1.82) is 0 Å². The molecule has 0 saturated carbocycles. The van der Waals surface area contributed by atoms with Gasteiger partial charge in [0, 0.05) is 5.69 Å². The molecule has 0 heterocycles. The maximum atomic E-state index is 11.7. The van der Waals surface area contributed by atoms with Gasteiger partial charge < -0.3 is 15.0 Å². The number of ether oxygens (including phenoxy) is 1. The molecular formula is C13H21N2O2+. The second kappa shape index (κ2) is 6.91. The van der Waals surface area contributed by atoms with Crippen molar-refractivity contribution in [3.8, 4) is 5.75 Å². The van der Waals surface area contributed by atoms with Crippen LogP contribution < -0.4 is 15.0 Å². The number of likely N-dealkylation sites (N-methyl/N-ethyl adjacent to an activating group) is 1. The van der Waals surface area contributed by atoms with Crippen molar-refractivity contribution >= 4 is 11.6 Å². The summed E-state index contributed by atoms with van der Waals surface area (Å²) >= 11 is 0. The first-order chi connectivity index (χ1) is 8.19. The largest absolute Gasteiger partial charge is 0.497 e. The lowest BCUT2D eigenvalue weighted by Crippen LogP contribution is -3.12. The molecular weight excluding hydrogens is 216 g/mol. The first-order valence-electron chi connectivity index (χ1n) is 5.97. The van der Waals surface area contributed by atoms with Crippen molar-refractivity contribution in [3.05, 3.63) is 24.3 Å². The highest BCUT2D eigenvalue weighted by molar-refractivity contribution is 5.91. The maximum Gasteiger partial charge on any atom is 0.279 e. The Morgan fingerprint density at radius 1 is 1.24 bits per heavy atom. The summed E-state index contributed by atoms with van der Waals surface area (Å²) in [4.78, 5) is 13.0. The highest BCUT2D eigenvalue weighted by Gasteiger charge is 2.10. The Hall–Kier alpha value is -1.55. The molecule has 1 aromatic carbocycles. The number of anilines is 1. The summed E-state index contributed by atoms with van der Waals surface area (Å²) in [6.45, 7) is 6.61. The summed E-state index contributed by atoms with van der Waals surface area (Å²) in [6.07, 6.45) is 0. The molecule has 0 saturated heterocycles. The van der Waals surface area contributed by atoms with E-state index in [4.69, 9.17) is 4.74 Å². The second-order valence-electron chi connectivity index (χ2n) is 3.91. The standard InChI is InChI=1S/C13H20N2O2/c1-4-15(5-2)10-13(16)14-11-6-8-12(17-3)9-7-11/h6-9H,4-5,10H2,1-3H3,(H,14,16)/p+1. The summed E-state index contributed by atoms with van der Waals surface area (Å²) in [5.41, 5.74) is 0.808. The van der Waals surface area contributed by atoms with Gasteiger partial charge in [-0.3, -0.25) is 4.79 Å². The number of carbonyl (C=O) groups is 1. The van der Waals surface area contributed by atoms with E-state index in [2.05, 4.69) is 19.2 Å². The summed E-state index contributed by atoms with van der Waals surface area (Å²) < 4.78 is 5.06. The molecule has 0 aliphatic carbocycles. The first-order valence-corrected chi connectivity index (χ1v) is 5.97. The fourth-order valence-corrected chi connectivity index (χ4v) is 1.61. The highest BCUT2D eigenvalue weighted by Crippen LogP contribution is 2.14. The van der Waals surface area contributed by atoms with Gasteiger partial charge in [-0.25, -0.2) is 0 Å². The van der Waals surface area contributed by atoms with E-state index in [1.54, 1.807) is 7.11 Å². The minimum Gasteiger partial charge on any atom is -0.497 e. The monoisotopic (exact) mass is 237 g/mol. The van der Waals surface area contributed by atoms with Crippen LogP contribution >= 0.6 is 0 Å². The summed E-state index contributed by atoms with van der Waals surface area (Å²) in [5, 5.41) is 2.88. The fraction of sp³-hybridized carbons (Fsp3) is 0.462. The van der Waals surface area contributed by atoms with E-state index in [-0.39, 0.29) is 5.91 Å². The van der Waals surface area contributed by atoms with Gasteiger partial charge in [-0.05, 0) is 38.1 Å². The van der Waals surface area contributed by atoms with Gasteiger partial charge in [0.1, 0.15) is 5.75 Å². The molecule has 0 unspecified atom stereocenters. The molecule has 0 spiro atoms. The van der Waals surface area contributed by atoms with Crippen LogP contribution in [-0.2, 0) is 4.79 Å². The van der Waals surface area contributed by atoms with Crippen molar-refractivity contribution in [1.82, 2.24) is 0 Å². The van der Waals surface area contributed by atoms with Gasteiger partial charge in [0.05, 0.1) is 20.2 Å². The lowest BCUT2D eigenvalue weighted by atomic mass is 10.3. The van der Waals surface area contributed by atoms with Crippen molar-refractivity contribution in [3.63, 3.8) is 0 Å². The van der Waals surface area contributed by atoms with Crippen LogP contribution in [0.1, 0.15) is 13.8 Å². The van der Waals surface area contributed by atoms with Crippen molar-refractivity contribution in [2.75, 3.05) is 32.1 Å². The molecule has 0 atom stereocenters. The lowest BCUT2D eigenvalue weighted by molar-refractivity contribution is -0.888. The first kappa shape index (κ1) is 13.5. The molecule has 0 aliphatic heterocycles. The molecule has 17 heavy (non-hydrogen) atoms. The van der Waals surface area contributed by atoms with Crippen LogP contribution in [0, 0.1) is 0 Å². The van der Waals surface area contributed by atoms with Gasteiger partial charge in [-0.2, -0.15) is 0 Å². The number of hydrogen-bond acceptors (Lipinski definition) is 2. The van der Waals surface area contributed by atoms with Gasteiger partial charge in [0.25, 0.3) is 5.91 Å². The molecule has 0 radical (unpaired) electrons. The Morgan fingerprint density at radius 3 is 2.29 bits per heavy atom. The van der Waals surface area contributed by atoms with E-state index in [0.717, 1.165) is 24.5 Å². The Balaban J connectivity index is 2.49. The van der Waals surface area contributed by atoms with E-state index in [1.807, 2.05) is 24.3 Å².